The highest BCUT2D eigenvalue weighted by Gasteiger charge is 2.36. The zero-order valence-corrected chi connectivity index (χ0v) is 19.1. The number of hydrogen-bond donors (Lipinski definition) is 1. The van der Waals surface area contributed by atoms with Crippen molar-refractivity contribution < 1.29 is 4.79 Å². The molecule has 1 aromatic heterocycles. The lowest BCUT2D eigenvalue weighted by atomic mass is 9.85. The number of anilines is 1. The van der Waals surface area contributed by atoms with Crippen LogP contribution in [0.15, 0.2) is 58.9 Å². The summed E-state index contributed by atoms with van der Waals surface area (Å²) in [6.45, 7) is 4.24. The number of aromatic nitrogens is 3. The van der Waals surface area contributed by atoms with Crippen LogP contribution in [0.3, 0.4) is 0 Å². The van der Waals surface area contributed by atoms with E-state index in [2.05, 4.69) is 37.4 Å². The van der Waals surface area contributed by atoms with E-state index in [0.717, 1.165) is 35.4 Å². The number of nitrogens with one attached hydrogen (secondary N) is 1. The summed E-state index contributed by atoms with van der Waals surface area (Å²) in [7, 11) is 0. The van der Waals surface area contributed by atoms with Crippen LogP contribution in [0.5, 0.6) is 0 Å². The Morgan fingerprint density at radius 1 is 1.16 bits per heavy atom. The molecule has 7 heteroatoms. The van der Waals surface area contributed by atoms with E-state index in [1.807, 2.05) is 28.9 Å². The van der Waals surface area contributed by atoms with Crippen molar-refractivity contribution in [2.24, 2.45) is 0 Å². The molecule has 1 aliphatic heterocycles. The van der Waals surface area contributed by atoms with E-state index in [9.17, 15) is 4.79 Å². The molecule has 0 fully saturated rings. The minimum absolute atomic E-state index is 0.180. The zero-order chi connectivity index (χ0) is 21.5. The lowest BCUT2D eigenvalue weighted by Gasteiger charge is -2.32. The highest BCUT2D eigenvalue weighted by molar-refractivity contribution is 7.98. The van der Waals surface area contributed by atoms with Gasteiger partial charge in [0.1, 0.15) is 6.04 Å². The van der Waals surface area contributed by atoms with Gasteiger partial charge in [0.25, 0.3) is 0 Å². The number of halogens is 1. The summed E-state index contributed by atoms with van der Waals surface area (Å²) < 4.78 is 1.86. The first-order chi connectivity index (χ1) is 15.0. The lowest BCUT2D eigenvalue weighted by Crippen LogP contribution is -2.31. The van der Waals surface area contributed by atoms with Gasteiger partial charge < -0.3 is 5.32 Å². The van der Waals surface area contributed by atoms with E-state index >= 15 is 0 Å². The van der Waals surface area contributed by atoms with Crippen molar-refractivity contribution >= 4 is 35.1 Å². The molecule has 2 aliphatic rings. The molecule has 31 heavy (non-hydrogen) atoms. The first-order valence-corrected chi connectivity index (χ1v) is 11.8. The normalized spacial score (nSPS) is 17.9. The zero-order valence-electron chi connectivity index (χ0n) is 17.5. The maximum absolute atomic E-state index is 12.9. The van der Waals surface area contributed by atoms with Gasteiger partial charge in [-0.1, -0.05) is 59.3 Å². The third-order valence-electron chi connectivity index (χ3n) is 5.89. The molecule has 0 spiro atoms. The number of thioether (sulfide) groups is 1. The summed E-state index contributed by atoms with van der Waals surface area (Å²) in [5, 5.41) is 9.57. The molecule has 1 atom stereocenters. The van der Waals surface area contributed by atoms with Gasteiger partial charge in [-0.3, -0.25) is 4.79 Å². The summed E-state index contributed by atoms with van der Waals surface area (Å²) >= 11 is 7.73. The molecule has 5 rings (SSSR count). The monoisotopic (exact) mass is 450 g/mol. The van der Waals surface area contributed by atoms with E-state index in [1.165, 1.54) is 16.7 Å². The number of allylic oxidation sites excluding steroid dienone is 2. The molecule has 0 saturated heterocycles. The summed E-state index contributed by atoms with van der Waals surface area (Å²) in [6, 6.07) is 13.9. The summed E-state index contributed by atoms with van der Waals surface area (Å²) in [4.78, 5) is 17.6. The van der Waals surface area contributed by atoms with Crippen molar-refractivity contribution in [1.29, 1.82) is 0 Å². The average molecular weight is 451 g/mol. The maximum atomic E-state index is 12.9. The fourth-order valence-corrected chi connectivity index (χ4v) is 5.33. The summed E-state index contributed by atoms with van der Waals surface area (Å²) in [5.41, 5.74) is 6.58. The number of Topliss-reactive ketones (excluding diaryl/α,β-unsaturated/α-hetero) is 1. The first-order valence-electron chi connectivity index (χ1n) is 10.4. The Morgan fingerprint density at radius 2 is 1.97 bits per heavy atom. The average Bonchev–Trinajstić information content (AvgIpc) is 3.15. The van der Waals surface area contributed by atoms with Crippen LogP contribution >= 0.6 is 23.4 Å². The van der Waals surface area contributed by atoms with Crippen LogP contribution in [-0.2, 0) is 10.5 Å². The summed E-state index contributed by atoms with van der Waals surface area (Å²) in [5.74, 6) is 1.67. The van der Waals surface area contributed by atoms with Crippen LogP contribution < -0.4 is 5.32 Å². The smallest absolute Gasteiger partial charge is 0.227 e. The van der Waals surface area contributed by atoms with Gasteiger partial charge in [0.15, 0.2) is 5.78 Å². The third-order valence-corrected chi connectivity index (χ3v) is 7.03. The summed E-state index contributed by atoms with van der Waals surface area (Å²) in [6.07, 6.45) is 2.28. The SMILES string of the molecule is Cc1ccc(CSc2nc3n(n2)C(c2ccc(Cl)cc2)C2=C(CCCC2=O)N3)c(C)c1. The van der Waals surface area contributed by atoms with Gasteiger partial charge in [-0.2, -0.15) is 4.98 Å². The Morgan fingerprint density at radius 3 is 2.74 bits per heavy atom. The van der Waals surface area contributed by atoms with Crippen LogP contribution in [0.4, 0.5) is 5.95 Å². The second-order valence-electron chi connectivity index (χ2n) is 8.13. The number of nitrogens with zero attached hydrogens (tertiary/aromatic N) is 3. The second-order valence-corrected chi connectivity index (χ2v) is 9.51. The fourth-order valence-electron chi connectivity index (χ4n) is 4.30. The van der Waals surface area contributed by atoms with Gasteiger partial charge in [-0.05, 0) is 55.5 Å². The van der Waals surface area contributed by atoms with Gasteiger partial charge in [0.05, 0.1) is 0 Å². The number of aryl methyl sites for hydroxylation is 2. The molecule has 158 valence electrons. The highest BCUT2D eigenvalue weighted by Crippen LogP contribution is 2.41. The number of fused-ring (bicyclic) bond motifs is 1. The van der Waals surface area contributed by atoms with Gasteiger partial charge in [0.2, 0.25) is 11.1 Å². The molecule has 0 radical (unpaired) electrons. The second kappa shape index (κ2) is 8.17. The Labute approximate surface area is 190 Å². The third kappa shape index (κ3) is 3.90. The Bertz CT molecular complexity index is 1200. The quantitative estimate of drug-likeness (QED) is 0.504. The predicted octanol–water partition coefficient (Wildman–Crippen LogP) is 5.86. The fraction of sp³-hybridized carbons (Fsp3) is 0.292. The standard InChI is InChI=1S/C24H23ClN4OS/c1-14-6-7-17(15(2)12-14)13-31-24-27-23-26-19-4-3-5-20(30)21(19)22(29(23)28-24)16-8-10-18(25)11-9-16/h6-12,22H,3-5,13H2,1-2H3,(H,26,27,28). The van der Waals surface area contributed by atoms with Gasteiger partial charge in [-0.15, -0.1) is 5.10 Å². The maximum Gasteiger partial charge on any atom is 0.227 e. The van der Waals surface area contributed by atoms with Crippen molar-refractivity contribution in [2.45, 2.75) is 50.1 Å². The molecule has 2 heterocycles. The molecule has 0 bridgehead atoms. The number of carbonyl (C=O) groups is 1. The van der Waals surface area contributed by atoms with Crippen molar-refractivity contribution in [3.05, 3.63) is 81.0 Å². The van der Waals surface area contributed by atoms with E-state index in [0.29, 0.717) is 22.5 Å². The molecule has 0 saturated carbocycles. The van der Waals surface area contributed by atoms with Gasteiger partial charge in [0, 0.05) is 28.5 Å². The van der Waals surface area contributed by atoms with Gasteiger partial charge in [-0.25, -0.2) is 4.68 Å². The van der Waals surface area contributed by atoms with Crippen LogP contribution in [0.25, 0.3) is 0 Å². The molecule has 0 amide bonds. The first kappa shape index (κ1) is 20.3. The van der Waals surface area contributed by atoms with Crippen LogP contribution in [-0.4, -0.2) is 20.5 Å². The van der Waals surface area contributed by atoms with E-state index in [4.69, 9.17) is 21.7 Å². The van der Waals surface area contributed by atoms with E-state index < -0.39 is 0 Å². The van der Waals surface area contributed by atoms with E-state index in [-0.39, 0.29) is 11.8 Å². The number of hydrogen-bond acceptors (Lipinski definition) is 5. The van der Waals surface area contributed by atoms with Crippen molar-refractivity contribution in [3.63, 3.8) is 0 Å². The molecule has 5 nitrogen and oxygen atoms in total. The van der Waals surface area contributed by atoms with Gasteiger partial charge >= 0.3 is 0 Å². The van der Waals surface area contributed by atoms with Crippen molar-refractivity contribution in [2.75, 3.05) is 5.32 Å². The Balaban J connectivity index is 1.49. The van der Waals surface area contributed by atoms with Crippen LogP contribution in [0.1, 0.15) is 47.6 Å². The number of benzene rings is 2. The highest BCUT2D eigenvalue weighted by atomic mass is 35.5. The lowest BCUT2D eigenvalue weighted by molar-refractivity contribution is -0.116. The minimum atomic E-state index is -0.278. The molecule has 1 unspecified atom stereocenters. The molecular weight excluding hydrogens is 428 g/mol. The van der Waals surface area contributed by atoms with E-state index in [1.54, 1.807) is 11.8 Å². The number of rotatable bonds is 4. The number of ketones is 1. The Hall–Kier alpha value is -2.57. The van der Waals surface area contributed by atoms with Crippen molar-refractivity contribution in [1.82, 2.24) is 14.8 Å². The Kier molecular flexibility index (Phi) is 5.36. The molecular formula is C24H23ClN4OS. The molecule has 1 aliphatic carbocycles. The molecule has 3 aromatic rings. The predicted molar refractivity (Wildman–Crippen MR) is 125 cm³/mol. The largest absolute Gasteiger partial charge is 0.328 e. The number of carbonyl (C=O) groups excluding carboxylic acids is 1. The van der Waals surface area contributed by atoms with Crippen LogP contribution in [0, 0.1) is 13.8 Å². The molecule has 1 N–H and O–H groups in total. The minimum Gasteiger partial charge on any atom is -0.328 e. The molecule has 2 aromatic carbocycles. The topological polar surface area (TPSA) is 59.8 Å². The van der Waals surface area contributed by atoms with Crippen LogP contribution in [0.2, 0.25) is 5.02 Å². The van der Waals surface area contributed by atoms with Crippen molar-refractivity contribution in [3.8, 4) is 0 Å².